The molecule has 0 fully saturated rings. The van der Waals surface area contributed by atoms with Gasteiger partial charge in [0, 0.05) is 12.8 Å². The second kappa shape index (κ2) is 54.4. The summed E-state index contributed by atoms with van der Waals surface area (Å²) in [6.07, 6.45) is 68.4. The van der Waals surface area contributed by atoms with Crippen LogP contribution in [0.3, 0.4) is 0 Å². The van der Waals surface area contributed by atoms with Gasteiger partial charge in [0.05, 0.1) is 25.4 Å². The highest BCUT2D eigenvalue weighted by molar-refractivity contribution is 5.76. The van der Waals surface area contributed by atoms with Crippen LogP contribution in [0.25, 0.3) is 0 Å². The molecule has 0 rings (SSSR count). The number of esters is 1. The van der Waals surface area contributed by atoms with Gasteiger partial charge in [-0.25, -0.2) is 0 Å². The van der Waals surface area contributed by atoms with E-state index in [0.717, 1.165) is 57.8 Å². The standard InChI is InChI=1S/C59H109NO5/c1-3-5-7-9-11-13-15-17-24-28-31-35-39-43-47-51-57(62)56(55-61)60-58(63)52-48-44-40-36-32-29-25-22-20-18-19-21-23-26-30-34-38-42-46-50-54-65-59(64)53-49-45-41-37-33-27-16-14-12-10-8-6-4-2/h8,10,14,16,18,20,47,51,56-57,61-62H,3-7,9,11-13,15,17,19,21-46,48-50,52-55H2,1-2H3,(H,60,63)/b10-8-,16-14-,20-18-,51-47+. The summed E-state index contributed by atoms with van der Waals surface area (Å²) in [6, 6.07) is -0.635. The van der Waals surface area contributed by atoms with Crippen LogP contribution in [0.2, 0.25) is 0 Å². The summed E-state index contributed by atoms with van der Waals surface area (Å²) in [5.41, 5.74) is 0. The zero-order valence-corrected chi connectivity index (χ0v) is 43.2. The highest BCUT2D eigenvalue weighted by Gasteiger charge is 2.18. The van der Waals surface area contributed by atoms with Crippen molar-refractivity contribution in [3.63, 3.8) is 0 Å². The Morgan fingerprint density at radius 2 is 0.800 bits per heavy atom. The third-order valence-electron chi connectivity index (χ3n) is 12.8. The molecule has 0 bridgehead atoms. The number of aliphatic hydroxyl groups is 2. The van der Waals surface area contributed by atoms with Gasteiger partial charge in [0.15, 0.2) is 0 Å². The smallest absolute Gasteiger partial charge is 0.305 e. The number of ether oxygens (including phenoxy) is 1. The van der Waals surface area contributed by atoms with Crippen molar-refractivity contribution in [2.75, 3.05) is 13.2 Å². The molecule has 0 spiro atoms. The van der Waals surface area contributed by atoms with Crippen LogP contribution in [0.5, 0.6) is 0 Å². The lowest BCUT2D eigenvalue weighted by Crippen LogP contribution is -2.45. The van der Waals surface area contributed by atoms with E-state index in [0.29, 0.717) is 19.4 Å². The summed E-state index contributed by atoms with van der Waals surface area (Å²) in [4.78, 5) is 24.5. The number of amides is 1. The average molecular weight is 913 g/mol. The molecule has 0 radical (unpaired) electrons. The van der Waals surface area contributed by atoms with Gasteiger partial charge in [-0.15, -0.1) is 0 Å². The van der Waals surface area contributed by atoms with Gasteiger partial charge in [0.2, 0.25) is 5.91 Å². The molecule has 0 aromatic carbocycles. The van der Waals surface area contributed by atoms with Crippen molar-refractivity contribution in [1.82, 2.24) is 5.32 Å². The minimum Gasteiger partial charge on any atom is -0.466 e. The van der Waals surface area contributed by atoms with E-state index in [1.165, 1.54) is 205 Å². The fourth-order valence-corrected chi connectivity index (χ4v) is 8.43. The Kier molecular flexibility index (Phi) is 52.6. The van der Waals surface area contributed by atoms with E-state index in [9.17, 15) is 19.8 Å². The summed E-state index contributed by atoms with van der Waals surface area (Å²) < 4.78 is 5.46. The van der Waals surface area contributed by atoms with Crippen molar-refractivity contribution >= 4 is 11.9 Å². The molecule has 2 unspecified atom stereocenters. The Morgan fingerprint density at radius 3 is 1.25 bits per heavy atom. The monoisotopic (exact) mass is 912 g/mol. The Hall–Kier alpha value is -2.18. The minimum atomic E-state index is -0.850. The van der Waals surface area contributed by atoms with Crippen LogP contribution in [-0.2, 0) is 14.3 Å². The number of unbranched alkanes of at least 4 members (excludes halogenated alkanes) is 35. The van der Waals surface area contributed by atoms with Gasteiger partial charge in [-0.3, -0.25) is 9.59 Å². The zero-order chi connectivity index (χ0) is 47.2. The molecule has 6 nitrogen and oxygen atoms in total. The first-order valence-corrected chi connectivity index (χ1v) is 28.4. The summed E-state index contributed by atoms with van der Waals surface area (Å²) in [5.74, 6) is -0.0875. The molecule has 1 amide bonds. The van der Waals surface area contributed by atoms with Crippen LogP contribution in [0.1, 0.15) is 290 Å². The van der Waals surface area contributed by atoms with Gasteiger partial charge in [-0.05, 0) is 83.5 Å². The Morgan fingerprint density at radius 1 is 0.431 bits per heavy atom. The third kappa shape index (κ3) is 51.1. The molecule has 0 aromatic heterocycles. The highest BCUT2D eigenvalue weighted by atomic mass is 16.5. The molecular weight excluding hydrogens is 803 g/mol. The van der Waals surface area contributed by atoms with Crippen LogP contribution >= 0.6 is 0 Å². The van der Waals surface area contributed by atoms with Crippen molar-refractivity contribution in [3.8, 4) is 0 Å². The lowest BCUT2D eigenvalue weighted by atomic mass is 10.0. The molecule has 0 saturated heterocycles. The number of carbonyl (C=O) groups excluding carboxylic acids is 2. The van der Waals surface area contributed by atoms with E-state index in [1.807, 2.05) is 6.08 Å². The lowest BCUT2D eigenvalue weighted by molar-refractivity contribution is -0.143. The van der Waals surface area contributed by atoms with Crippen molar-refractivity contribution in [2.24, 2.45) is 0 Å². The van der Waals surface area contributed by atoms with Crippen LogP contribution in [0.4, 0.5) is 0 Å². The molecule has 0 saturated carbocycles. The molecule has 2 atom stereocenters. The van der Waals surface area contributed by atoms with E-state index in [-0.39, 0.29) is 18.5 Å². The number of carbonyl (C=O) groups is 2. The molecule has 0 heterocycles. The third-order valence-corrected chi connectivity index (χ3v) is 12.8. The summed E-state index contributed by atoms with van der Waals surface area (Å²) >= 11 is 0. The Labute approximate surface area is 404 Å². The van der Waals surface area contributed by atoms with Gasteiger partial charge in [-0.1, -0.05) is 242 Å². The van der Waals surface area contributed by atoms with E-state index in [4.69, 9.17) is 4.74 Å². The molecule has 3 N–H and O–H groups in total. The van der Waals surface area contributed by atoms with E-state index >= 15 is 0 Å². The minimum absolute atomic E-state index is 0.0105. The second-order valence-electron chi connectivity index (χ2n) is 19.3. The predicted molar refractivity (Wildman–Crippen MR) is 282 cm³/mol. The molecule has 380 valence electrons. The average Bonchev–Trinajstić information content (AvgIpc) is 3.31. The number of hydrogen-bond donors (Lipinski definition) is 3. The molecule has 0 aliphatic rings. The maximum atomic E-state index is 12.4. The Bertz CT molecular complexity index is 1100. The van der Waals surface area contributed by atoms with E-state index in [2.05, 4.69) is 55.6 Å². The van der Waals surface area contributed by atoms with Crippen LogP contribution in [-0.4, -0.2) is 47.4 Å². The normalized spacial score (nSPS) is 13.0. The van der Waals surface area contributed by atoms with Crippen LogP contribution in [0.15, 0.2) is 48.6 Å². The number of hydrogen-bond acceptors (Lipinski definition) is 5. The van der Waals surface area contributed by atoms with Gasteiger partial charge in [-0.2, -0.15) is 0 Å². The maximum Gasteiger partial charge on any atom is 0.305 e. The van der Waals surface area contributed by atoms with Gasteiger partial charge in [0.1, 0.15) is 0 Å². The SMILES string of the molecule is CCC/C=C\C/C=C\CCCCCCCC(=O)OCCCCCCCCCCC/C=C\CCCCCCCCCC(=O)NC(CO)C(O)/C=C/CCCCCCCCCCCCCCC. The maximum absolute atomic E-state index is 12.4. The number of nitrogens with one attached hydrogen (secondary N) is 1. The van der Waals surface area contributed by atoms with Gasteiger partial charge < -0.3 is 20.3 Å². The predicted octanol–water partition coefficient (Wildman–Crippen LogP) is 17.4. The first kappa shape index (κ1) is 62.8. The van der Waals surface area contributed by atoms with Gasteiger partial charge >= 0.3 is 5.97 Å². The molecule has 0 aromatic rings. The fourth-order valence-electron chi connectivity index (χ4n) is 8.43. The van der Waals surface area contributed by atoms with Crippen molar-refractivity contribution in [1.29, 1.82) is 0 Å². The fraction of sp³-hybridized carbons (Fsp3) is 0.831. The topological polar surface area (TPSA) is 95.9 Å². The summed E-state index contributed by atoms with van der Waals surface area (Å²) in [6.45, 7) is 4.82. The quantitative estimate of drug-likeness (QED) is 0.0321. The number of rotatable bonds is 52. The highest BCUT2D eigenvalue weighted by Crippen LogP contribution is 2.16. The molecule has 65 heavy (non-hydrogen) atoms. The molecular formula is C59H109NO5. The largest absolute Gasteiger partial charge is 0.466 e. The van der Waals surface area contributed by atoms with Crippen molar-refractivity contribution < 1.29 is 24.5 Å². The zero-order valence-electron chi connectivity index (χ0n) is 43.2. The van der Waals surface area contributed by atoms with Crippen molar-refractivity contribution in [2.45, 2.75) is 302 Å². The lowest BCUT2D eigenvalue weighted by Gasteiger charge is -2.20. The van der Waals surface area contributed by atoms with Gasteiger partial charge in [0.25, 0.3) is 0 Å². The number of allylic oxidation sites excluding steroid dienone is 7. The molecule has 6 heteroatoms. The first-order chi connectivity index (χ1) is 32.0. The Balaban J connectivity index is 3.48. The first-order valence-electron chi connectivity index (χ1n) is 28.4. The second-order valence-corrected chi connectivity index (χ2v) is 19.3. The van der Waals surface area contributed by atoms with Crippen molar-refractivity contribution in [3.05, 3.63) is 48.6 Å². The van der Waals surface area contributed by atoms with E-state index < -0.39 is 12.1 Å². The van der Waals surface area contributed by atoms with Crippen LogP contribution < -0.4 is 5.32 Å². The summed E-state index contributed by atoms with van der Waals surface area (Å²) in [5, 5.41) is 23.1. The number of aliphatic hydroxyl groups excluding tert-OH is 2. The molecule has 0 aliphatic heterocycles. The van der Waals surface area contributed by atoms with E-state index in [1.54, 1.807) is 6.08 Å². The molecule has 0 aliphatic carbocycles. The summed E-state index contributed by atoms with van der Waals surface area (Å²) in [7, 11) is 0. The van der Waals surface area contributed by atoms with Crippen LogP contribution in [0, 0.1) is 0 Å².